The third-order valence-electron chi connectivity index (χ3n) is 4.45. The molecule has 0 aliphatic heterocycles. The molecule has 3 rings (SSSR count). The number of ether oxygens (including phenoxy) is 1. The zero-order valence-corrected chi connectivity index (χ0v) is 18.9. The van der Waals surface area contributed by atoms with E-state index >= 15 is 0 Å². The van der Waals surface area contributed by atoms with Crippen LogP contribution < -0.4 is 14.8 Å². The van der Waals surface area contributed by atoms with Crippen LogP contribution in [0, 0.1) is 12.8 Å². The van der Waals surface area contributed by atoms with Crippen molar-refractivity contribution < 1.29 is 17.9 Å². The van der Waals surface area contributed by atoms with Crippen molar-refractivity contribution in [2.24, 2.45) is 5.92 Å². The van der Waals surface area contributed by atoms with E-state index in [0.717, 1.165) is 15.2 Å². The van der Waals surface area contributed by atoms with Gasteiger partial charge in [-0.2, -0.15) is 4.72 Å². The summed E-state index contributed by atoms with van der Waals surface area (Å²) < 4.78 is 34.9. The first-order valence-corrected chi connectivity index (χ1v) is 11.9. The summed E-state index contributed by atoms with van der Waals surface area (Å²) in [5.41, 5.74) is 1.25. The summed E-state index contributed by atoms with van der Waals surface area (Å²) in [7, 11) is -3.91. The molecule has 9 heteroatoms. The summed E-state index contributed by atoms with van der Waals surface area (Å²) in [5, 5.41) is 3.65. The average Bonchev–Trinajstić information content (AvgIpc) is 3.06. The fourth-order valence-corrected chi connectivity index (χ4v) is 5.29. The van der Waals surface area contributed by atoms with E-state index in [1.165, 1.54) is 17.4 Å². The molecule has 1 unspecified atom stereocenters. The summed E-state index contributed by atoms with van der Waals surface area (Å²) in [6.07, 6.45) is 0. The van der Waals surface area contributed by atoms with Gasteiger partial charge in [0.15, 0.2) is 0 Å². The highest BCUT2D eigenvalue weighted by Gasteiger charge is 2.29. The van der Waals surface area contributed by atoms with Crippen LogP contribution in [-0.4, -0.2) is 32.0 Å². The molecule has 0 aliphatic carbocycles. The molecule has 1 atom stereocenters. The quantitative estimate of drug-likeness (QED) is 0.545. The number of rotatable bonds is 8. The van der Waals surface area contributed by atoms with Gasteiger partial charge >= 0.3 is 0 Å². The lowest BCUT2D eigenvalue weighted by molar-refractivity contribution is -0.118. The maximum absolute atomic E-state index is 13.0. The molecule has 2 N–H and O–H groups in total. The zero-order chi connectivity index (χ0) is 21.9. The second-order valence-corrected chi connectivity index (χ2v) is 10.1. The van der Waals surface area contributed by atoms with Gasteiger partial charge in [0.2, 0.25) is 15.9 Å². The minimum atomic E-state index is -3.91. The predicted molar refractivity (Wildman–Crippen MR) is 120 cm³/mol. The van der Waals surface area contributed by atoms with E-state index in [1.807, 2.05) is 13.8 Å². The fourth-order valence-electron chi connectivity index (χ4n) is 2.98. The van der Waals surface area contributed by atoms with E-state index in [4.69, 9.17) is 4.74 Å². The van der Waals surface area contributed by atoms with Gasteiger partial charge in [0.1, 0.15) is 11.8 Å². The topological polar surface area (TPSA) is 97.4 Å². The first-order chi connectivity index (χ1) is 14.2. The Bertz CT molecular complexity index is 1160. The van der Waals surface area contributed by atoms with Gasteiger partial charge in [0, 0.05) is 0 Å². The lowest BCUT2D eigenvalue weighted by atomic mass is 10.0. The molecule has 0 fully saturated rings. The van der Waals surface area contributed by atoms with Gasteiger partial charge < -0.3 is 10.1 Å². The SMILES string of the molecule is CCOc1ccccc1NC(=O)C(NS(=O)(=O)c1ccc2nc(C)sc2c1)C(C)C. The van der Waals surface area contributed by atoms with E-state index < -0.39 is 22.0 Å². The Balaban J connectivity index is 1.84. The number of nitrogens with one attached hydrogen (secondary N) is 2. The molecule has 30 heavy (non-hydrogen) atoms. The summed E-state index contributed by atoms with van der Waals surface area (Å²) >= 11 is 1.43. The van der Waals surface area contributed by atoms with Gasteiger partial charge in [-0.15, -0.1) is 11.3 Å². The Kier molecular flexibility index (Phi) is 6.74. The molecule has 0 saturated carbocycles. The number of hydrogen-bond donors (Lipinski definition) is 2. The van der Waals surface area contributed by atoms with Gasteiger partial charge in [-0.3, -0.25) is 4.79 Å². The summed E-state index contributed by atoms with van der Waals surface area (Å²) in [5.74, 6) is -0.186. The van der Waals surface area contributed by atoms with E-state index in [9.17, 15) is 13.2 Å². The third kappa shape index (κ3) is 4.97. The number of fused-ring (bicyclic) bond motifs is 1. The van der Waals surface area contributed by atoms with Crippen LogP contribution in [-0.2, 0) is 14.8 Å². The lowest BCUT2D eigenvalue weighted by Gasteiger charge is -2.22. The zero-order valence-electron chi connectivity index (χ0n) is 17.3. The number of aryl methyl sites for hydroxylation is 1. The van der Waals surface area contributed by atoms with Crippen LogP contribution in [0.5, 0.6) is 5.75 Å². The highest BCUT2D eigenvalue weighted by Crippen LogP contribution is 2.26. The highest BCUT2D eigenvalue weighted by molar-refractivity contribution is 7.89. The van der Waals surface area contributed by atoms with E-state index in [-0.39, 0.29) is 10.8 Å². The van der Waals surface area contributed by atoms with Crippen molar-refractivity contribution in [3.8, 4) is 5.75 Å². The van der Waals surface area contributed by atoms with Crippen molar-refractivity contribution in [3.63, 3.8) is 0 Å². The highest BCUT2D eigenvalue weighted by atomic mass is 32.2. The predicted octanol–water partition coefficient (Wildman–Crippen LogP) is 3.95. The Hall–Kier alpha value is -2.49. The van der Waals surface area contributed by atoms with Crippen molar-refractivity contribution >= 4 is 43.2 Å². The largest absolute Gasteiger partial charge is 0.492 e. The molecule has 0 bridgehead atoms. The minimum absolute atomic E-state index is 0.104. The smallest absolute Gasteiger partial charge is 0.242 e. The summed E-state index contributed by atoms with van der Waals surface area (Å²) in [6.45, 7) is 7.75. The van der Waals surface area contributed by atoms with Gasteiger partial charge in [0.05, 0.1) is 32.4 Å². The Labute approximate surface area is 180 Å². The first-order valence-electron chi connectivity index (χ1n) is 9.63. The fraction of sp³-hybridized carbons (Fsp3) is 0.333. The number of hydrogen-bond acceptors (Lipinski definition) is 6. The molecule has 1 aromatic heterocycles. The molecule has 7 nitrogen and oxygen atoms in total. The molecule has 0 radical (unpaired) electrons. The van der Waals surface area contributed by atoms with Crippen LogP contribution in [0.4, 0.5) is 5.69 Å². The van der Waals surface area contributed by atoms with Gasteiger partial charge in [-0.1, -0.05) is 26.0 Å². The van der Waals surface area contributed by atoms with Crippen molar-refractivity contribution in [1.29, 1.82) is 0 Å². The molecule has 0 aliphatic rings. The Morgan fingerprint density at radius 1 is 1.20 bits per heavy atom. The molecule has 2 aromatic carbocycles. The van der Waals surface area contributed by atoms with Crippen molar-refractivity contribution in [2.45, 2.75) is 38.6 Å². The molecule has 1 amide bonds. The van der Waals surface area contributed by atoms with Crippen molar-refractivity contribution in [1.82, 2.24) is 9.71 Å². The average molecular weight is 448 g/mol. The number of sulfonamides is 1. The number of carbonyl (C=O) groups excluding carboxylic acids is 1. The minimum Gasteiger partial charge on any atom is -0.492 e. The molecular weight excluding hydrogens is 422 g/mol. The van der Waals surface area contributed by atoms with E-state index in [0.29, 0.717) is 18.0 Å². The summed E-state index contributed by atoms with van der Waals surface area (Å²) in [4.78, 5) is 17.4. The van der Waals surface area contributed by atoms with Crippen molar-refractivity contribution in [2.75, 3.05) is 11.9 Å². The number of benzene rings is 2. The molecule has 0 spiro atoms. The molecule has 1 heterocycles. The van der Waals surface area contributed by atoms with Crippen LogP contribution in [0.2, 0.25) is 0 Å². The van der Waals surface area contributed by atoms with Crippen LogP contribution in [0.15, 0.2) is 47.4 Å². The number of thiazole rings is 1. The molecule has 0 saturated heterocycles. The monoisotopic (exact) mass is 447 g/mol. The van der Waals surface area contributed by atoms with Crippen LogP contribution in [0.1, 0.15) is 25.8 Å². The van der Waals surface area contributed by atoms with Gasteiger partial charge in [-0.25, -0.2) is 13.4 Å². The molecular formula is C21H25N3O4S2. The number of para-hydroxylation sites is 2. The van der Waals surface area contributed by atoms with E-state index in [1.54, 1.807) is 50.2 Å². The maximum atomic E-state index is 13.0. The number of carbonyl (C=O) groups is 1. The second kappa shape index (κ2) is 9.11. The van der Waals surface area contributed by atoms with Crippen LogP contribution in [0.3, 0.4) is 0 Å². The van der Waals surface area contributed by atoms with Gasteiger partial charge in [0.25, 0.3) is 0 Å². The maximum Gasteiger partial charge on any atom is 0.242 e. The first kappa shape index (κ1) is 22.2. The normalized spacial score (nSPS) is 12.8. The van der Waals surface area contributed by atoms with Crippen LogP contribution in [0.25, 0.3) is 10.2 Å². The second-order valence-electron chi connectivity index (χ2n) is 7.12. The third-order valence-corrected chi connectivity index (χ3v) is 6.83. The molecule has 3 aromatic rings. The lowest BCUT2D eigenvalue weighted by Crippen LogP contribution is -2.47. The number of anilines is 1. The Morgan fingerprint density at radius 2 is 1.93 bits per heavy atom. The Morgan fingerprint density at radius 3 is 2.63 bits per heavy atom. The summed E-state index contributed by atoms with van der Waals surface area (Å²) in [6, 6.07) is 10.9. The van der Waals surface area contributed by atoms with E-state index in [2.05, 4.69) is 15.0 Å². The number of aromatic nitrogens is 1. The van der Waals surface area contributed by atoms with Gasteiger partial charge in [-0.05, 0) is 50.1 Å². The molecule has 160 valence electrons. The van der Waals surface area contributed by atoms with Crippen LogP contribution >= 0.6 is 11.3 Å². The number of amides is 1. The standard InChI is InChI=1S/C21H25N3O4S2/c1-5-28-18-9-7-6-8-16(18)23-21(25)20(13(2)3)24-30(26,27)15-10-11-17-19(12-15)29-14(4)22-17/h6-13,20,24H,5H2,1-4H3,(H,23,25). The number of nitrogens with zero attached hydrogens (tertiary/aromatic N) is 1. The van der Waals surface area contributed by atoms with Crippen molar-refractivity contribution in [3.05, 3.63) is 47.5 Å².